The van der Waals surface area contributed by atoms with E-state index in [1.807, 2.05) is 37.3 Å². The molecule has 0 bridgehead atoms. The molecular weight excluding hydrogens is 340 g/mol. The molecule has 0 aliphatic rings. The molecule has 0 saturated carbocycles. The molecule has 2 aromatic rings. The van der Waals surface area contributed by atoms with E-state index in [0.717, 1.165) is 29.7 Å². The average Bonchev–Trinajstić information content (AvgIpc) is 2.99. The zero-order valence-electron chi connectivity index (χ0n) is 12.4. The zero-order valence-corrected chi connectivity index (χ0v) is 13.9. The molecule has 0 aliphatic heterocycles. The first kappa shape index (κ1) is 17.2. The van der Waals surface area contributed by atoms with Gasteiger partial charge in [-0.3, -0.25) is 4.79 Å². The lowest BCUT2D eigenvalue weighted by Gasteiger charge is -2.04. The molecule has 1 aromatic carbocycles. The second-order valence-electron chi connectivity index (χ2n) is 4.49. The number of anilines is 1. The minimum atomic E-state index is -0.853. The van der Waals surface area contributed by atoms with Crippen molar-refractivity contribution in [1.29, 1.82) is 0 Å². The SMILES string of the molecule is CCCCOC(=O)ONc1nc(-c2ccccc2)c(C(=O)Cl)s1. The number of thiazole rings is 1. The maximum absolute atomic E-state index is 11.5. The van der Waals surface area contributed by atoms with E-state index < -0.39 is 11.4 Å². The number of hydrogen-bond acceptors (Lipinski definition) is 7. The summed E-state index contributed by atoms with van der Waals surface area (Å²) in [4.78, 5) is 32.2. The fraction of sp³-hybridized carbons (Fsp3) is 0.267. The highest BCUT2D eigenvalue weighted by molar-refractivity contribution is 7.19. The molecule has 0 amide bonds. The maximum Gasteiger partial charge on any atom is 0.533 e. The smallest absolute Gasteiger partial charge is 0.433 e. The second-order valence-corrected chi connectivity index (χ2v) is 5.83. The van der Waals surface area contributed by atoms with Crippen LogP contribution >= 0.6 is 22.9 Å². The van der Waals surface area contributed by atoms with Crippen molar-refractivity contribution >= 4 is 39.5 Å². The summed E-state index contributed by atoms with van der Waals surface area (Å²) < 4.78 is 4.83. The minimum Gasteiger partial charge on any atom is -0.433 e. The number of unbranched alkanes of at least 4 members (excludes halogenated alkanes) is 1. The molecule has 0 unspecified atom stereocenters. The summed E-state index contributed by atoms with van der Waals surface area (Å²) in [5, 5.41) is -0.389. The van der Waals surface area contributed by atoms with Crippen LogP contribution in [0.5, 0.6) is 0 Å². The van der Waals surface area contributed by atoms with Crippen molar-refractivity contribution in [2.75, 3.05) is 12.1 Å². The Kier molecular flexibility index (Phi) is 6.37. The van der Waals surface area contributed by atoms with Crippen LogP contribution < -0.4 is 5.48 Å². The maximum atomic E-state index is 11.5. The molecule has 8 heteroatoms. The molecule has 0 spiro atoms. The van der Waals surface area contributed by atoms with Crippen LogP contribution in [0, 0.1) is 0 Å². The van der Waals surface area contributed by atoms with Gasteiger partial charge >= 0.3 is 6.16 Å². The van der Waals surface area contributed by atoms with Crippen molar-refractivity contribution < 1.29 is 19.2 Å². The summed E-state index contributed by atoms with van der Waals surface area (Å²) in [6.07, 6.45) is 0.818. The van der Waals surface area contributed by atoms with E-state index in [4.69, 9.17) is 21.2 Å². The van der Waals surface area contributed by atoms with E-state index in [2.05, 4.69) is 10.5 Å². The predicted octanol–water partition coefficient (Wildman–Crippen LogP) is 4.47. The average molecular weight is 355 g/mol. The summed E-state index contributed by atoms with van der Waals surface area (Å²) in [5.74, 6) is 0. The Morgan fingerprint density at radius 2 is 2.04 bits per heavy atom. The van der Waals surface area contributed by atoms with Crippen molar-refractivity contribution in [3.63, 3.8) is 0 Å². The quantitative estimate of drug-likeness (QED) is 0.342. The highest BCUT2D eigenvalue weighted by Gasteiger charge is 2.18. The summed E-state index contributed by atoms with van der Waals surface area (Å²) in [6.45, 7) is 2.27. The highest BCUT2D eigenvalue weighted by Crippen LogP contribution is 2.32. The van der Waals surface area contributed by atoms with E-state index in [-0.39, 0.29) is 16.6 Å². The van der Waals surface area contributed by atoms with Crippen LogP contribution in [0.25, 0.3) is 11.3 Å². The standard InChI is InChI=1S/C15H15ClN2O4S/c1-2-3-9-21-15(20)22-18-14-17-11(12(23-14)13(16)19)10-7-5-4-6-8-10/h4-8H,2-3,9H2,1H3,(H,17,18). The third-order valence-electron chi connectivity index (χ3n) is 2.79. The van der Waals surface area contributed by atoms with Gasteiger partial charge in [-0.1, -0.05) is 55.0 Å². The molecule has 0 aliphatic carbocycles. The molecule has 2 rings (SSSR count). The molecule has 1 aromatic heterocycles. The summed E-state index contributed by atoms with van der Waals surface area (Å²) in [6, 6.07) is 9.12. The Balaban J connectivity index is 2.06. The van der Waals surface area contributed by atoms with Crippen LogP contribution in [0.15, 0.2) is 30.3 Å². The first-order valence-corrected chi connectivity index (χ1v) is 8.17. The van der Waals surface area contributed by atoms with Gasteiger partial charge < -0.3 is 9.57 Å². The Labute approximate surface area is 142 Å². The van der Waals surface area contributed by atoms with Gasteiger partial charge in [-0.05, 0) is 18.0 Å². The molecule has 0 saturated heterocycles. The first-order chi connectivity index (χ1) is 11.1. The van der Waals surface area contributed by atoms with Gasteiger partial charge in [-0.15, -0.1) is 0 Å². The van der Waals surface area contributed by atoms with Gasteiger partial charge in [0, 0.05) is 5.56 Å². The number of benzene rings is 1. The lowest BCUT2D eigenvalue weighted by Crippen LogP contribution is -2.12. The largest absolute Gasteiger partial charge is 0.533 e. The number of aromatic nitrogens is 1. The molecule has 1 heterocycles. The molecule has 122 valence electrons. The fourth-order valence-corrected chi connectivity index (χ4v) is 2.66. The van der Waals surface area contributed by atoms with Gasteiger partial charge in [0.05, 0.1) is 12.3 Å². The van der Waals surface area contributed by atoms with Gasteiger partial charge in [-0.2, -0.15) is 5.48 Å². The van der Waals surface area contributed by atoms with Gasteiger partial charge in [0.1, 0.15) is 4.88 Å². The summed E-state index contributed by atoms with van der Waals surface area (Å²) in [5.41, 5.74) is 3.55. The second kappa shape index (κ2) is 8.50. The van der Waals surface area contributed by atoms with Gasteiger partial charge in [0.15, 0.2) is 0 Å². The molecule has 0 fully saturated rings. The van der Waals surface area contributed by atoms with Gasteiger partial charge in [0.2, 0.25) is 5.13 Å². The van der Waals surface area contributed by atoms with Gasteiger partial charge in [-0.25, -0.2) is 9.78 Å². The van der Waals surface area contributed by atoms with Crippen molar-refractivity contribution in [3.05, 3.63) is 35.2 Å². The monoisotopic (exact) mass is 354 g/mol. The van der Waals surface area contributed by atoms with Crippen LogP contribution in [0.1, 0.15) is 29.4 Å². The lowest BCUT2D eigenvalue weighted by molar-refractivity contribution is 0.0708. The Morgan fingerprint density at radius 3 is 2.70 bits per heavy atom. The van der Waals surface area contributed by atoms with E-state index >= 15 is 0 Å². The number of carbonyl (C=O) groups excluding carboxylic acids is 2. The van der Waals surface area contributed by atoms with Crippen molar-refractivity contribution in [2.45, 2.75) is 19.8 Å². The lowest BCUT2D eigenvalue weighted by atomic mass is 10.1. The minimum absolute atomic E-state index is 0.236. The number of halogens is 1. The van der Waals surface area contributed by atoms with E-state index in [9.17, 15) is 9.59 Å². The molecular formula is C15H15ClN2O4S. The van der Waals surface area contributed by atoms with Gasteiger partial charge in [0.25, 0.3) is 5.24 Å². The van der Waals surface area contributed by atoms with Crippen LogP contribution in [-0.2, 0) is 9.57 Å². The highest BCUT2D eigenvalue weighted by atomic mass is 35.5. The third kappa shape index (κ3) is 4.94. The van der Waals surface area contributed by atoms with Crippen LogP contribution in [-0.4, -0.2) is 23.0 Å². The fourth-order valence-electron chi connectivity index (χ4n) is 1.70. The Morgan fingerprint density at radius 1 is 1.30 bits per heavy atom. The van der Waals surface area contributed by atoms with Crippen molar-refractivity contribution in [2.24, 2.45) is 0 Å². The van der Waals surface area contributed by atoms with Crippen molar-refractivity contribution in [1.82, 2.24) is 4.98 Å². The van der Waals surface area contributed by atoms with Crippen LogP contribution in [0.3, 0.4) is 0 Å². The summed E-state index contributed by atoms with van der Waals surface area (Å²) >= 11 is 6.59. The topological polar surface area (TPSA) is 77.5 Å². The zero-order chi connectivity index (χ0) is 16.7. The first-order valence-electron chi connectivity index (χ1n) is 6.97. The van der Waals surface area contributed by atoms with Crippen LogP contribution in [0.2, 0.25) is 0 Å². The molecule has 0 atom stereocenters. The number of nitrogens with zero attached hydrogens (tertiary/aromatic N) is 1. The predicted molar refractivity (Wildman–Crippen MR) is 88.7 cm³/mol. The molecule has 23 heavy (non-hydrogen) atoms. The third-order valence-corrected chi connectivity index (χ3v) is 4.04. The number of nitrogens with one attached hydrogen (secondary N) is 1. The Hall–Kier alpha value is -2.12. The van der Waals surface area contributed by atoms with Crippen molar-refractivity contribution in [3.8, 4) is 11.3 Å². The number of hydrogen-bond donors (Lipinski definition) is 1. The van der Waals surface area contributed by atoms with Crippen LogP contribution in [0.4, 0.5) is 9.93 Å². The normalized spacial score (nSPS) is 10.2. The molecule has 6 nitrogen and oxygen atoms in total. The number of carbonyl (C=O) groups is 2. The van der Waals surface area contributed by atoms with E-state index in [0.29, 0.717) is 5.69 Å². The number of rotatable bonds is 7. The Bertz CT molecular complexity index is 675. The molecule has 0 radical (unpaired) electrons. The van der Waals surface area contributed by atoms with E-state index in [1.54, 1.807) is 0 Å². The number of ether oxygens (including phenoxy) is 1. The molecule has 1 N–H and O–H groups in total. The van der Waals surface area contributed by atoms with E-state index in [1.165, 1.54) is 0 Å². The summed E-state index contributed by atoms with van der Waals surface area (Å²) in [7, 11) is 0.